The maximum absolute atomic E-state index is 12.7. The largest absolute Gasteiger partial charge is 0.478 e. The summed E-state index contributed by atoms with van der Waals surface area (Å²) >= 11 is 27.9. The van der Waals surface area contributed by atoms with Gasteiger partial charge in [-0.05, 0) is 178 Å². The number of halogens is 8. The van der Waals surface area contributed by atoms with E-state index < -0.39 is 29.6 Å². The van der Waals surface area contributed by atoms with Crippen molar-refractivity contribution in [1.82, 2.24) is 59.9 Å². The first-order valence-corrected chi connectivity index (χ1v) is 33.1. The van der Waals surface area contributed by atoms with E-state index in [1.165, 1.54) is 49.2 Å². The molecule has 33 heteroatoms. The van der Waals surface area contributed by atoms with Crippen molar-refractivity contribution in [3.8, 4) is 0 Å². The number of aromatic nitrogens is 8. The molecule has 0 saturated carbocycles. The number of aromatic carboxylic acids is 1. The van der Waals surface area contributed by atoms with Crippen molar-refractivity contribution in [3.63, 3.8) is 0 Å². The lowest BCUT2D eigenvalue weighted by atomic mass is 10.0. The van der Waals surface area contributed by atoms with Crippen LogP contribution >= 0.6 is 58.0 Å². The number of anilines is 2. The highest BCUT2D eigenvalue weighted by molar-refractivity contribution is 6.31. The first-order valence-electron chi connectivity index (χ1n) is 31.2. The summed E-state index contributed by atoms with van der Waals surface area (Å²) in [4.78, 5) is 115. The number of nitrogens with two attached hydrogens (primary N) is 1. The summed E-state index contributed by atoms with van der Waals surface area (Å²) in [5.41, 5.74) is 9.61. The second-order valence-electron chi connectivity index (χ2n) is 24.6. The predicted octanol–water partition coefficient (Wildman–Crippen LogP) is 12.2. The summed E-state index contributed by atoms with van der Waals surface area (Å²) in [5.74, 6) is -0.123. The van der Waals surface area contributed by atoms with Gasteiger partial charge in [0, 0.05) is 62.2 Å². The molecule has 6 N–H and O–H groups in total. The average Bonchev–Trinajstić information content (AvgIpc) is 1.65. The summed E-state index contributed by atoms with van der Waals surface area (Å²) in [6.07, 6.45) is 15.4. The van der Waals surface area contributed by atoms with Gasteiger partial charge in [0.05, 0.1) is 72.2 Å². The molecule has 6 aromatic rings. The fraction of sp³-hybridized carbons (Fsp3) is 0.418. The summed E-state index contributed by atoms with van der Waals surface area (Å²) in [6, 6.07) is 12.9. The Morgan fingerprint density at radius 3 is 1.22 bits per heavy atom. The van der Waals surface area contributed by atoms with Crippen LogP contribution in [0, 0.1) is 17.8 Å². The van der Waals surface area contributed by atoms with Gasteiger partial charge >= 0.3 is 24.3 Å². The van der Waals surface area contributed by atoms with Gasteiger partial charge in [-0.1, -0.05) is 71.2 Å². The van der Waals surface area contributed by atoms with Crippen LogP contribution in [-0.4, -0.2) is 178 Å². The minimum atomic E-state index is -4.64. The molecule has 0 bridgehead atoms. The molecule has 540 valence electrons. The number of nitrogens with zero attached hydrogens (tertiary/aromatic N) is 11. The second kappa shape index (κ2) is 41.9. The highest BCUT2D eigenvalue weighted by Crippen LogP contribution is 2.25. The number of benzene rings is 2. The number of likely N-dealkylation sites (tertiary alicyclic amines) is 3. The zero-order valence-corrected chi connectivity index (χ0v) is 59.7. The van der Waals surface area contributed by atoms with Crippen molar-refractivity contribution in [3.05, 3.63) is 177 Å². The Kier molecular flexibility index (Phi) is 35.2. The van der Waals surface area contributed by atoms with Crippen LogP contribution in [0.15, 0.2) is 123 Å². The molecule has 0 radical (unpaired) electrons. The van der Waals surface area contributed by atoms with Crippen LogP contribution in [-0.2, 0) is 43.1 Å². The number of carbonyl (C=O) groups is 7. The van der Waals surface area contributed by atoms with Gasteiger partial charge in [-0.15, -0.1) is 0 Å². The molecule has 4 atom stereocenters. The molecule has 4 aromatic heterocycles. The number of carboxylic acids is 1. The topological polar surface area (TPSA) is 333 Å². The molecule has 2 aromatic carbocycles. The van der Waals surface area contributed by atoms with Crippen molar-refractivity contribution < 1.29 is 61.3 Å². The number of nitrogens with one attached hydrogen (secondary N) is 3. The minimum Gasteiger partial charge on any atom is -0.478 e. The van der Waals surface area contributed by atoms with E-state index in [2.05, 4.69) is 69.0 Å². The zero-order valence-electron chi connectivity index (χ0n) is 55.9. The second-order valence-corrected chi connectivity index (χ2v) is 26.5. The molecule has 0 unspecified atom stereocenters. The molecule has 0 spiro atoms. The van der Waals surface area contributed by atoms with E-state index in [-0.39, 0.29) is 41.5 Å². The van der Waals surface area contributed by atoms with Crippen LogP contribution in [0.2, 0.25) is 25.8 Å². The Hall–Kier alpha value is -8.51. The maximum Gasteiger partial charge on any atom is 0.446 e. The van der Waals surface area contributed by atoms with Crippen molar-refractivity contribution in [2.75, 3.05) is 63.0 Å². The van der Waals surface area contributed by atoms with Gasteiger partial charge in [-0.25, -0.2) is 39.3 Å². The van der Waals surface area contributed by atoms with Crippen LogP contribution < -0.4 is 21.7 Å². The monoisotopic (exact) mass is 1490 g/mol. The molecule has 100 heavy (non-hydrogen) atoms. The summed E-state index contributed by atoms with van der Waals surface area (Å²) in [7, 11) is 0. The van der Waals surface area contributed by atoms with Crippen LogP contribution in [0.4, 0.5) is 34.1 Å². The third-order valence-electron chi connectivity index (χ3n) is 14.0. The predicted molar refractivity (Wildman–Crippen MR) is 375 cm³/mol. The molecule has 4 aliphatic rings. The fourth-order valence-corrected chi connectivity index (χ4v) is 9.81. The van der Waals surface area contributed by atoms with E-state index >= 15 is 0 Å². The van der Waals surface area contributed by atoms with E-state index in [0.717, 1.165) is 100 Å². The Balaban J connectivity index is 0.000000258. The Morgan fingerprint density at radius 1 is 0.550 bits per heavy atom. The average molecular weight is 1490 g/mol. The molecule has 4 fully saturated rings. The smallest absolute Gasteiger partial charge is 0.446 e. The molecule has 10 rings (SSSR count). The van der Waals surface area contributed by atoms with E-state index in [9.17, 15) is 41.9 Å². The van der Waals surface area contributed by atoms with Gasteiger partial charge in [0.1, 0.15) is 37.0 Å². The van der Waals surface area contributed by atoms with Gasteiger partial charge in [0.25, 0.3) is 5.91 Å². The first kappa shape index (κ1) is 83.9. The Morgan fingerprint density at radius 2 is 0.900 bits per heavy atom. The van der Waals surface area contributed by atoms with Gasteiger partial charge in [0.15, 0.2) is 0 Å². The number of ether oxygens (including phenoxy) is 2. The lowest BCUT2D eigenvalue weighted by Crippen LogP contribution is -2.36. The zero-order chi connectivity index (χ0) is 74.2. The highest BCUT2D eigenvalue weighted by atomic mass is 35.5. The first-order chi connectivity index (χ1) is 47.1. The molecule has 4 saturated heterocycles. The SMILES string of the molecule is C=CC(=O)Nc1ccc(C(=O)N2CC[C@@H](Cc3cnc(Cl)cn3)C2)cc1.C=CC(=O)Nc1ccc(C(=O)O)cc1.CC(C)(C)OC(=O)N1CC[C@@H](Cc2cnc(Cl)cn2)C1.CC(C)(C)OC(=O)N1CC[C@@H](N)C1.Clc1cnc(C[C@@H]2CCNC2)cn1.Clc1cnc(Cl)cn1.O=CC(F)(F)F. The van der Waals surface area contributed by atoms with Crippen LogP contribution in [0.25, 0.3) is 0 Å². The molecule has 25 nitrogen and oxygen atoms in total. The number of hydrogen-bond acceptors (Lipinski definition) is 19. The van der Waals surface area contributed by atoms with E-state index in [0.29, 0.717) is 74.2 Å². The number of alkyl halides is 3. The molecule has 0 aliphatic carbocycles. The van der Waals surface area contributed by atoms with Crippen LogP contribution in [0.3, 0.4) is 0 Å². The van der Waals surface area contributed by atoms with E-state index in [1.807, 2.05) is 46.4 Å². The van der Waals surface area contributed by atoms with Crippen LogP contribution in [0.1, 0.15) is 105 Å². The van der Waals surface area contributed by atoms with Gasteiger partial charge < -0.3 is 51.0 Å². The van der Waals surface area contributed by atoms with Gasteiger partial charge in [-0.2, -0.15) is 13.2 Å². The number of hydrogen-bond donors (Lipinski definition) is 5. The fourth-order valence-electron chi connectivity index (χ4n) is 9.32. The van der Waals surface area contributed by atoms with E-state index in [1.54, 1.807) is 71.2 Å². The number of aldehydes is 1. The highest BCUT2D eigenvalue weighted by Gasteiger charge is 2.32. The maximum atomic E-state index is 12.7. The lowest BCUT2D eigenvalue weighted by molar-refractivity contribution is -0.156. The Bertz CT molecular complexity index is 3560. The molecular weight excluding hydrogens is 1410 g/mol. The third-order valence-corrected chi connectivity index (χ3v) is 14.9. The molecule has 5 amide bonds. The molecule has 8 heterocycles. The van der Waals surface area contributed by atoms with Gasteiger partial charge in [0.2, 0.25) is 18.1 Å². The summed E-state index contributed by atoms with van der Waals surface area (Å²) in [5, 5.41) is 19.1. The summed E-state index contributed by atoms with van der Waals surface area (Å²) < 4.78 is 41.8. The third kappa shape index (κ3) is 34.5. The standard InChI is InChI=1S/C19H19ClN4O2.C14H20ClN3O2.C10H9NO3.C9H12ClN3.C9H18N2O2.C4H2Cl2N2.C2HF3O/c1-2-18(25)23-15-5-3-14(4-6-15)19(26)24-8-7-13(12-24)9-16-10-22-17(20)11-21-16;1-14(2,3)20-13(19)18-5-4-10(9-18)6-11-7-17-12(15)8-16-11;1-2-9(12)11-8-5-3-7(4-6-8)10(13)14;10-9-6-12-8(5-13-9)3-7-1-2-11-4-7;1-9(2,3)13-8(12)11-5-4-7(10)6-11;5-3-1-7-4(6)2-8-3;3-2(4,5)1-6/h2-6,10-11,13H,1,7-9,12H2,(H,23,25);7-8,10H,4-6,9H2,1-3H3;2-6H,1H2,(H,11,12)(H,13,14);5-7,11H,1-4H2;7H,4-6,10H2,1-3H3;1-2H;1H/t13-;10-;;2*7-;;/m00.01../s1. The number of amides is 5. The van der Waals surface area contributed by atoms with Crippen molar-refractivity contribution >= 4 is 112 Å². The molecule has 4 aliphatic heterocycles. The van der Waals surface area contributed by atoms with Crippen molar-refractivity contribution in [1.29, 1.82) is 0 Å². The quantitative estimate of drug-likeness (QED) is 0.0561. The minimum absolute atomic E-state index is 0.00344. The number of carbonyl (C=O) groups excluding carboxylic acids is 6. The van der Waals surface area contributed by atoms with Gasteiger partial charge in [-0.3, -0.25) is 34.1 Å². The number of rotatable bonds is 12. The lowest BCUT2D eigenvalue weighted by Gasteiger charge is -2.24. The normalized spacial score (nSPS) is 16.7. The molecular formula is C67H81Cl5F3N15O10. The van der Waals surface area contributed by atoms with Crippen molar-refractivity contribution in [2.45, 2.75) is 110 Å². The van der Waals surface area contributed by atoms with Crippen LogP contribution in [0.5, 0.6) is 0 Å². The van der Waals surface area contributed by atoms with Crippen molar-refractivity contribution in [2.24, 2.45) is 23.5 Å². The number of carboxylic acid groups (broad SMARTS) is 1. The Labute approximate surface area is 603 Å². The summed E-state index contributed by atoms with van der Waals surface area (Å²) in [6.45, 7) is 24.3. The van der Waals surface area contributed by atoms with E-state index in [4.69, 9.17) is 83.1 Å².